The van der Waals surface area contributed by atoms with Gasteiger partial charge in [-0.15, -0.1) is 0 Å². The fourth-order valence-corrected chi connectivity index (χ4v) is 2.97. The second-order valence-electron chi connectivity index (χ2n) is 5.95. The Hall–Kier alpha value is -2.25. The molecule has 0 spiro atoms. The highest BCUT2D eigenvalue weighted by atomic mass is 35.5. The van der Waals surface area contributed by atoms with Crippen molar-refractivity contribution in [1.82, 2.24) is 5.32 Å². The first kappa shape index (κ1) is 22.0. The molecule has 0 aliphatic rings. The third-order valence-electron chi connectivity index (χ3n) is 3.91. The summed E-state index contributed by atoms with van der Waals surface area (Å²) in [4.78, 5) is 24.3. The number of nitrogens with one attached hydrogen (secondary N) is 1. The van der Waals surface area contributed by atoms with Crippen LogP contribution in [0, 0.1) is 0 Å². The summed E-state index contributed by atoms with van der Waals surface area (Å²) in [7, 11) is 1.18. The van der Waals surface area contributed by atoms with Crippen molar-refractivity contribution in [3.05, 3.63) is 69.2 Å². The number of hydrogen-bond donors (Lipinski definition) is 1. The Labute approximate surface area is 169 Å². The fourth-order valence-electron chi connectivity index (χ4n) is 2.49. The van der Waals surface area contributed by atoms with Gasteiger partial charge in [0.1, 0.15) is 6.04 Å². The summed E-state index contributed by atoms with van der Waals surface area (Å²) in [5.41, 5.74) is 0.149. The zero-order chi connectivity index (χ0) is 20.9. The summed E-state index contributed by atoms with van der Waals surface area (Å²) >= 11 is 11.9. The summed E-state index contributed by atoms with van der Waals surface area (Å²) in [5.74, 6) is -1.22. The zero-order valence-corrected chi connectivity index (χ0v) is 16.2. The lowest BCUT2D eigenvalue weighted by Crippen LogP contribution is -2.43. The molecule has 0 aliphatic carbocycles. The molecule has 28 heavy (non-hydrogen) atoms. The standard InChI is InChI=1S/C19H16Cl2F3NO3/c1-28-18(27)16(9-12-4-7-14(20)10-15(12)21)25-17(26)8-11-2-5-13(6-3-11)19(22,23)24/h2-7,10,16H,8-9H2,1H3,(H,25,26)/t16-/m0/s1. The molecule has 0 bridgehead atoms. The van der Waals surface area contributed by atoms with Crippen molar-refractivity contribution in [2.24, 2.45) is 0 Å². The molecule has 4 nitrogen and oxygen atoms in total. The Morgan fingerprint density at radius 2 is 1.75 bits per heavy atom. The fraction of sp³-hybridized carbons (Fsp3) is 0.263. The van der Waals surface area contributed by atoms with Gasteiger partial charge in [-0.2, -0.15) is 13.2 Å². The van der Waals surface area contributed by atoms with Crippen LogP contribution < -0.4 is 5.32 Å². The number of carbonyl (C=O) groups is 2. The predicted molar refractivity (Wildman–Crippen MR) is 99.3 cm³/mol. The first-order valence-electron chi connectivity index (χ1n) is 8.07. The van der Waals surface area contributed by atoms with Crippen LogP contribution in [-0.4, -0.2) is 25.0 Å². The molecule has 1 amide bonds. The van der Waals surface area contributed by atoms with E-state index in [1.54, 1.807) is 12.1 Å². The van der Waals surface area contributed by atoms with E-state index < -0.39 is 29.7 Å². The third-order valence-corrected chi connectivity index (χ3v) is 4.49. The Kier molecular flexibility index (Phi) is 7.32. The number of rotatable bonds is 6. The molecule has 0 saturated carbocycles. The summed E-state index contributed by atoms with van der Waals surface area (Å²) < 4.78 is 42.5. The van der Waals surface area contributed by atoms with Crippen molar-refractivity contribution in [3.63, 3.8) is 0 Å². The number of amides is 1. The topological polar surface area (TPSA) is 55.4 Å². The van der Waals surface area contributed by atoms with E-state index in [1.165, 1.54) is 25.3 Å². The number of hydrogen-bond acceptors (Lipinski definition) is 3. The van der Waals surface area contributed by atoms with Gasteiger partial charge < -0.3 is 10.1 Å². The van der Waals surface area contributed by atoms with Crippen LogP contribution in [0.3, 0.4) is 0 Å². The monoisotopic (exact) mass is 433 g/mol. The van der Waals surface area contributed by atoms with Gasteiger partial charge in [-0.3, -0.25) is 4.79 Å². The molecule has 0 fully saturated rings. The average Bonchev–Trinajstić information content (AvgIpc) is 2.62. The first-order chi connectivity index (χ1) is 13.1. The summed E-state index contributed by atoms with van der Waals surface area (Å²) in [6.07, 6.45) is -4.57. The lowest BCUT2D eigenvalue weighted by molar-refractivity contribution is -0.145. The van der Waals surface area contributed by atoms with Gasteiger partial charge in [0.25, 0.3) is 0 Å². The van der Waals surface area contributed by atoms with E-state index in [9.17, 15) is 22.8 Å². The summed E-state index contributed by atoms with van der Waals surface area (Å²) in [6, 6.07) is 7.95. The van der Waals surface area contributed by atoms with Gasteiger partial charge in [-0.25, -0.2) is 4.79 Å². The van der Waals surface area contributed by atoms with Crippen LogP contribution >= 0.6 is 23.2 Å². The highest BCUT2D eigenvalue weighted by Crippen LogP contribution is 2.29. The SMILES string of the molecule is COC(=O)[C@H](Cc1ccc(Cl)cc1Cl)NC(=O)Cc1ccc(C(F)(F)F)cc1. The summed E-state index contributed by atoms with van der Waals surface area (Å²) in [6.45, 7) is 0. The molecular formula is C19H16Cl2F3NO3. The van der Waals surface area contributed by atoms with Gasteiger partial charge in [-0.1, -0.05) is 41.4 Å². The number of esters is 1. The number of alkyl halides is 3. The van der Waals surface area contributed by atoms with Crippen molar-refractivity contribution < 1.29 is 27.5 Å². The normalized spacial score (nSPS) is 12.4. The minimum Gasteiger partial charge on any atom is -0.467 e. The highest BCUT2D eigenvalue weighted by molar-refractivity contribution is 6.35. The smallest absolute Gasteiger partial charge is 0.416 e. The van der Waals surface area contributed by atoms with E-state index >= 15 is 0 Å². The molecule has 0 radical (unpaired) electrons. The van der Waals surface area contributed by atoms with E-state index in [2.05, 4.69) is 5.32 Å². The Morgan fingerprint density at radius 3 is 2.29 bits per heavy atom. The van der Waals surface area contributed by atoms with Crippen LogP contribution in [0.5, 0.6) is 0 Å². The molecule has 2 rings (SSSR count). The van der Waals surface area contributed by atoms with Gasteiger partial charge in [0.05, 0.1) is 19.1 Å². The second-order valence-corrected chi connectivity index (χ2v) is 6.80. The molecule has 0 heterocycles. The van der Waals surface area contributed by atoms with Crippen LogP contribution in [-0.2, 0) is 33.3 Å². The molecule has 0 unspecified atom stereocenters. The molecule has 0 aromatic heterocycles. The van der Waals surface area contributed by atoms with Crippen LogP contribution in [0.25, 0.3) is 0 Å². The molecular weight excluding hydrogens is 418 g/mol. The largest absolute Gasteiger partial charge is 0.467 e. The lowest BCUT2D eigenvalue weighted by Gasteiger charge is -2.17. The van der Waals surface area contributed by atoms with Gasteiger partial charge in [0.15, 0.2) is 0 Å². The van der Waals surface area contributed by atoms with Crippen LogP contribution in [0.1, 0.15) is 16.7 Å². The predicted octanol–water partition coefficient (Wildman–Crippen LogP) is 4.46. The maximum Gasteiger partial charge on any atom is 0.416 e. The van der Waals surface area contributed by atoms with Crippen LogP contribution in [0.15, 0.2) is 42.5 Å². The quantitative estimate of drug-likeness (QED) is 0.684. The summed E-state index contributed by atoms with van der Waals surface area (Å²) in [5, 5.41) is 3.28. The third kappa shape index (κ3) is 6.14. The Morgan fingerprint density at radius 1 is 1.11 bits per heavy atom. The Balaban J connectivity index is 2.07. The van der Waals surface area contributed by atoms with E-state index in [0.717, 1.165) is 12.1 Å². The van der Waals surface area contributed by atoms with E-state index in [0.29, 0.717) is 21.2 Å². The molecule has 0 aliphatic heterocycles. The van der Waals surface area contributed by atoms with Gasteiger partial charge >= 0.3 is 12.1 Å². The van der Waals surface area contributed by atoms with Crippen LogP contribution in [0.4, 0.5) is 13.2 Å². The van der Waals surface area contributed by atoms with Gasteiger partial charge in [-0.05, 0) is 35.4 Å². The van der Waals surface area contributed by atoms with E-state index in [4.69, 9.17) is 27.9 Å². The minimum absolute atomic E-state index is 0.0709. The number of ether oxygens (including phenoxy) is 1. The van der Waals surface area contributed by atoms with Crippen molar-refractivity contribution in [1.29, 1.82) is 0 Å². The maximum atomic E-state index is 12.6. The minimum atomic E-state index is -4.45. The zero-order valence-electron chi connectivity index (χ0n) is 14.6. The number of methoxy groups -OCH3 is 1. The van der Waals surface area contributed by atoms with Crippen molar-refractivity contribution in [3.8, 4) is 0 Å². The molecule has 150 valence electrons. The lowest BCUT2D eigenvalue weighted by atomic mass is 10.0. The molecule has 1 atom stereocenters. The van der Waals surface area contributed by atoms with E-state index in [-0.39, 0.29) is 12.8 Å². The number of benzene rings is 2. The first-order valence-corrected chi connectivity index (χ1v) is 8.83. The molecule has 9 heteroatoms. The average molecular weight is 434 g/mol. The number of carbonyl (C=O) groups excluding carboxylic acids is 2. The highest BCUT2D eigenvalue weighted by Gasteiger charge is 2.30. The van der Waals surface area contributed by atoms with Crippen molar-refractivity contribution in [2.75, 3.05) is 7.11 Å². The molecule has 2 aromatic carbocycles. The maximum absolute atomic E-state index is 12.6. The number of halogens is 5. The molecule has 1 N–H and O–H groups in total. The second kappa shape index (κ2) is 9.30. The van der Waals surface area contributed by atoms with Gasteiger partial charge in [0.2, 0.25) is 5.91 Å². The Bertz CT molecular complexity index is 854. The molecule has 2 aromatic rings. The van der Waals surface area contributed by atoms with Gasteiger partial charge in [0, 0.05) is 16.5 Å². The van der Waals surface area contributed by atoms with Crippen molar-refractivity contribution in [2.45, 2.75) is 25.1 Å². The molecule has 0 saturated heterocycles. The van der Waals surface area contributed by atoms with E-state index in [1.807, 2.05) is 0 Å². The van der Waals surface area contributed by atoms with Crippen LogP contribution in [0.2, 0.25) is 10.0 Å². The van der Waals surface area contributed by atoms with Crippen molar-refractivity contribution >= 4 is 35.1 Å².